The van der Waals surface area contributed by atoms with Gasteiger partial charge in [-0.25, -0.2) is 0 Å². The van der Waals surface area contributed by atoms with Gasteiger partial charge in [0.1, 0.15) is 0 Å². The molecule has 2 aromatic carbocycles. The molecule has 0 aliphatic carbocycles. The summed E-state index contributed by atoms with van der Waals surface area (Å²) in [6.45, 7) is 0.978. The lowest BCUT2D eigenvalue weighted by molar-refractivity contribution is 0.734. The average molecular weight is 224 g/mol. The molecule has 1 aliphatic rings. The molecule has 0 saturated carbocycles. The van der Waals surface area contributed by atoms with E-state index in [1.165, 1.54) is 16.9 Å². The smallest absolute Gasteiger partial charge is 0.0578 e. The quantitative estimate of drug-likeness (QED) is 0.819. The summed E-state index contributed by atoms with van der Waals surface area (Å²) in [6, 6.07) is 19.5. The standard InChI is InChI=1S/C15H16N2/c1-2-6-12(7-3-1)10-13-11-16-14-8-4-5-9-15(14)17-13/h1-9,13,16-17H,10-11H2. The minimum atomic E-state index is 0.465. The summed E-state index contributed by atoms with van der Waals surface area (Å²) in [5.74, 6) is 0. The molecule has 3 rings (SSSR count). The number of nitrogens with one attached hydrogen (secondary N) is 2. The van der Waals surface area contributed by atoms with E-state index in [0.29, 0.717) is 6.04 Å². The molecule has 0 bridgehead atoms. The van der Waals surface area contributed by atoms with E-state index in [1.807, 2.05) is 0 Å². The Morgan fingerprint density at radius 2 is 1.59 bits per heavy atom. The molecule has 0 amide bonds. The second-order valence-electron chi connectivity index (χ2n) is 4.46. The van der Waals surface area contributed by atoms with Crippen molar-refractivity contribution in [1.29, 1.82) is 0 Å². The average Bonchev–Trinajstić information content (AvgIpc) is 2.40. The third-order valence-corrected chi connectivity index (χ3v) is 3.15. The number of rotatable bonds is 2. The summed E-state index contributed by atoms with van der Waals surface area (Å²) in [5, 5.41) is 7.05. The Morgan fingerprint density at radius 1 is 0.882 bits per heavy atom. The lowest BCUT2D eigenvalue weighted by Crippen LogP contribution is -2.34. The topological polar surface area (TPSA) is 24.1 Å². The zero-order valence-electron chi connectivity index (χ0n) is 9.69. The van der Waals surface area contributed by atoms with E-state index in [1.54, 1.807) is 0 Å². The van der Waals surface area contributed by atoms with E-state index in [2.05, 4.69) is 65.2 Å². The lowest BCUT2D eigenvalue weighted by Gasteiger charge is -2.28. The van der Waals surface area contributed by atoms with Crippen molar-refractivity contribution in [2.45, 2.75) is 12.5 Å². The largest absolute Gasteiger partial charge is 0.381 e. The molecule has 17 heavy (non-hydrogen) atoms. The number of hydrogen-bond donors (Lipinski definition) is 2. The van der Waals surface area contributed by atoms with Crippen LogP contribution < -0.4 is 10.6 Å². The van der Waals surface area contributed by atoms with Crippen LogP contribution in [0.25, 0.3) is 0 Å². The van der Waals surface area contributed by atoms with Gasteiger partial charge in [0.2, 0.25) is 0 Å². The predicted molar refractivity (Wildman–Crippen MR) is 72.5 cm³/mol. The lowest BCUT2D eigenvalue weighted by atomic mass is 10.0. The zero-order valence-corrected chi connectivity index (χ0v) is 9.69. The highest BCUT2D eigenvalue weighted by molar-refractivity contribution is 5.71. The van der Waals surface area contributed by atoms with Gasteiger partial charge in [-0.1, -0.05) is 42.5 Å². The summed E-state index contributed by atoms with van der Waals surface area (Å²) in [4.78, 5) is 0. The van der Waals surface area contributed by atoms with Gasteiger partial charge in [0.25, 0.3) is 0 Å². The fraction of sp³-hybridized carbons (Fsp3) is 0.200. The zero-order chi connectivity index (χ0) is 11.5. The molecule has 86 valence electrons. The molecular formula is C15H16N2. The van der Waals surface area contributed by atoms with E-state index >= 15 is 0 Å². The van der Waals surface area contributed by atoms with Crippen LogP contribution in [-0.4, -0.2) is 12.6 Å². The SMILES string of the molecule is c1ccc(CC2CNc3ccccc3N2)cc1. The second-order valence-corrected chi connectivity index (χ2v) is 4.46. The Hall–Kier alpha value is -1.96. The van der Waals surface area contributed by atoms with Crippen molar-refractivity contribution >= 4 is 11.4 Å². The molecule has 0 fully saturated rings. The van der Waals surface area contributed by atoms with Crippen molar-refractivity contribution in [2.24, 2.45) is 0 Å². The van der Waals surface area contributed by atoms with Crippen LogP contribution in [0.2, 0.25) is 0 Å². The first-order chi connectivity index (χ1) is 8.42. The first kappa shape index (κ1) is 10.2. The Morgan fingerprint density at radius 3 is 2.41 bits per heavy atom. The van der Waals surface area contributed by atoms with Crippen molar-refractivity contribution in [3.05, 3.63) is 60.2 Å². The van der Waals surface area contributed by atoms with E-state index in [0.717, 1.165) is 13.0 Å². The van der Waals surface area contributed by atoms with Crippen molar-refractivity contribution in [2.75, 3.05) is 17.2 Å². The molecule has 0 aromatic heterocycles. The molecule has 2 N–H and O–H groups in total. The molecule has 1 aliphatic heterocycles. The van der Waals surface area contributed by atoms with Crippen LogP contribution >= 0.6 is 0 Å². The summed E-state index contributed by atoms with van der Waals surface area (Å²) in [6.07, 6.45) is 1.06. The highest BCUT2D eigenvalue weighted by Gasteiger charge is 2.16. The third-order valence-electron chi connectivity index (χ3n) is 3.15. The van der Waals surface area contributed by atoms with Gasteiger partial charge in [-0.3, -0.25) is 0 Å². The molecule has 2 heteroatoms. The normalized spacial score (nSPS) is 17.8. The van der Waals surface area contributed by atoms with Gasteiger partial charge in [-0.15, -0.1) is 0 Å². The predicted octanol–water partition coefficient (Wildman–Crippen LogP) is 3.14. The third kappa shape index (κ3) is 2.26. The second kappa shape index (κ2) is 4.50. The maximum atomic E-state index is 3.58. The Kier molecular flexibility index (Phi) is 2.70. The molecule has 2 nitrogen and oxygen atoms in total. The molecule has 2 aromatic rings. The van der Waals surface area contributed by atoms with E-state index in [-0.39, 0.29) is 0 Å². The summed E-state index contributed by atoms with van der Waals surface area (Å²) in [5.41, 5.74) is 3.79. The van der Waals surface area contributed by atoms with Gasteiger partial charge in [0.05, 0.1) is 11.4 Å². The number of anilines is 2. The van der Waals surface area contributed by atoms with Crippen LogP contribution in [0.5, 0.6) is 0 Å². The number of fused-ring (bicyclic) bond motifs is 1. The number of benzene rings is 2. The summed E-state index contributed by atoms with van der Waals surface area (Å²) < 4.78 is 0. The minimum absolute atomic E-state index is 0.465. The van der Waals surface area contributed by atoms with Gasteiger partial charge in [-0.2, -0.15) is 0 Å². The fourth-order valence-corrected chi connectivity index (χ4v) is 2.29. The highest BCUT2D eigenvalue weighted by atomic mass is 15.1. The molecule has 1 unspecified atom stereocenters. The van der Waals surface area contributed by atoms with Gasteiger partial charge in [-0.05, 0) is 24.1 Å². The monoisotopic (exact) mass is 224 g/mol. The van der Waals surface area contributed by atoms with Gasteiger partial charge >= 0.3 is 0 Å². The van der Waals surface area contributed by atoms with E-state index in [9.17, 15) is 0 Å². The molecule has 0 radical (unpaired) electrons. The van der Waals surface area contributed by atoms with Crippen LogP contribution in [0.1, 0.15) is 5.56 Å². The van der Waals surface area contributed by atoms with E-state index in [4.69, 9.17) is 0 Å². The van der Waals surface area contributed by atoms with Crippen LogP contribution in [-0.2, 0) is 6.42 Å². The summed E-state index contributed by atoms with van der Waals surface area (Å²) in [7, 11) is 0. The van der Waals surface area contributed by atoms with Crippen LogP contribution in [0, 0.1) is 0 Å². The maximum Gasteiger partial charge on any atom is 0.0578 e. The molecule has 0 spiro atoms. The fourth-order valence-electron chi connectivity index (χ4n) is 2.29. The number of para-hydroxylation sites is 2. The van der Waals surface area contributed by atoms with Gasteiger partial charge in [0.15, 0.2) is 0 Å². The molecular weight excluding hydrogens is 208 g/mol. The van der Waals surface area contributed by atoms with Gasteiger partial charge < -0.3 is 10.6 Å². The number of hydrogen-bond acceptors (Lipinski definition) is 2. The summed E-state index contributed by atoms with van der Waals surface area (Å²) >= 11 is 0. The first-order valence-electron chi connectivity index (χ1n) is 6.05. The van der Waals surface area contributed by atoms with Crippen molar-refractivity contribution in [3.8, 4) is 0 Å². The van der Waals surface area contributed by atoms with E-state index < -0.39 is 0 Å². The minimum Gasteiger partial charge on any atom is -0.381 e. The van der Waals surface area contributed by atoms with Crippen LogP contribution in [0.3, 0.4) is 0 Å². The first-order valence-corrected chi connectivity index (χ1v) is 6.05. The van der Waals surface area contributed by atoms with Crippen LogP contribution in [0.4, 0.5) is 11.4 Å². The van der Waals surface area contributed by atoms with Crippen LogP contribution in [0.15, 0.2) is 54.6 Å². The maximum absolute atomic E-state index is 3.58. The van der Waals surface area contributed by atoms with Crippen molar-refractivity contribution < 1.29 is 0 Å². The Balaban J connectivity index is 1.72. The molecule has 1 heterocycles. The van der Waals surface area contributed by atoms with Gasteiger partial charge in [0, 0.05) is 12.6 Å². The Labute approximate surface area is 102 Å². The molecule has 1 atom stereocenters. The van der Waals surface area contributed by atoms with Crippen molar-refractivity contribution in [1.82, 2.24) is 0 Å². The molecule has 0 saturated heterocycles. The highest BCUT2D eigenvalue weighted by Crippen LogP contribution is 2.26. The Bertz CT molecular complexity index is 493. The van der Waals surface area contributed by atoms with Crippen molar-refractivity contribution in [3.63, 3.8) is 0 Å².